The van der Waals surface area contributed by atoms with Crippen molar-refractivity contribution in [2.24, 2.45) is 0 Å². The van der Waals surface area contributed by atoms with Crippen LogP contribution in [0.25, 0.3) is 11.3 Å². The summed E-state index contributed by atoms with van der Waals surface area (Å²) in [4.78, 5) is 2.28. The van der Waals surface area contributed by atoms with Crippen LogP contribution in [0.1, 0.15) is 16.8 Å². The molecule has 5 heteroatoms. The minimum absolute atomic E-state index is 0.00312. The number of aromatic amines is 1. The molecule has 2 rings (SSSR count). The summed E-state index contributed by atoms with van der Waals surface area (Å²) in [6.45, 7) is 1.78. The third-order valence-corrected chi connectivity index (χ3v) is 2.66. The van der Waals surface area contributed by atoms with Crippen LogP contribution in [-0.2, 0) is 6.18 Å². The number of H-pyrrole nitrogens is 1. The molecule has 0 aliphatic carbocycles. The highest BCUT2D eigenvalue weighted by Gasteiger charge is 2.33. The van der Waals surface area contributed by atoms with Gasteiger partial charge in [-0.3, -0.25) is 0 Å². The van der Waals surface area contributed by atoms with E-state index in [1.54, 1.807) is 37.3 Å². The van der Waals surface area contributed by atoms with E-state index in [-0.39, 0.29) is 11.3 Å². The number of hydrogen-bond acceptors (Lipinski definition) is 1. The number of rotatable bonds is 1. The first-order valence-corrected chi connectivity index (χ1v) is 5.20. The second-order valence-corrected chi connectivity index (χ2v) is 3.90. The molecule has 0 saturated heterocycles. The van der Waals surface area contributed by atoms with Crippen LogP contribution in [0.5, 0.6) is 0 Å². The van der Waals surface area contributed by atoms with Crippen molar-refractivity contribution in [3.63, 3.8) is 0 Å². The van der Waals surface area contributed by atoms with Gasteiger partial charge in [0.05, 0.1) is 11.3 Å². The summed E-state index contributed by atoms with van der Waals surface area (Å²) in [5.41, 5.74) is 0.714. The predicted molar refractivity (Wildman–Crippen MR) is 60.7 cm³/mol. The number of aromatic nitrogens is 1. The number of nitrogens with one attached hydrogen (secondary N) is 1. The Balaban J connectivity index is 2.63. The van der Waals surface area contributed by atoms with Crippen LogP contribution in [0, 0.1) is 18.3 Å². The molecule has 0 radical (unpaired) electrons. The summed E-state index contributed by atoms with van der Waals surface area (Å²) < 4.78 is 37.8. The van der Waals surface area contributed by atoms with Crippen LogP contribution >= 0.6 is 0 Å². The average Bonchev–Trinajstić information content (AvgIpc) is 2.73. The molecule has 0 fully saturated rings. The fraction of sp³-hybridized carbons (Fsp3) is 0.154. The maximum absolute atomic E-state index is 12.6. The Hall–Kier alpha value is -2.22. The van der Waals surface area contributed by atoms with Crippen molar-refractivity contribution in [2.45, 2.75) is 13.1 Å². The smallest absolute Gasteiger partial charge is 0.350 e. The number of aryl methyl sites for hydroxylation is 1. The quantitative estimate of drug-likeness (QED) is 0.819. The number of alkyl halides is 3. The van der Waals surface area contributed by atoms with E-state index in [9.17, 15) is 13.2 Å². The molecule has 1 heterocycles. The van der Waals surface area contributed by atoms with Crippen molar-refractivity contribution >= 4 is 0 Å². The van der Waals surface area contributed by atoms with E-state index in [0.717, 1.165) is 11.6 Å². The van der Waals surface area contributed by atoms with Crippen molar-refractivity contribution < 1.29 is 13.2 Å². The van der Waals surface area contributed by atoms with Gasteiger partial charge in [0.25, 0.3) is 0 Å². The molecule has 2 aromatic rings. The molecule has 0 amide bonds. The van der Waals surface area contributed by atoms with Gasteiger partial charge >= 0.3 is 6.18 Å². The molecule has 92 valence electrons. The summed E-state index contributed by atoms with van der Waals surface area (Å²) in [7, 11) is 0. The van der Waals surface area contributed by atoms with E-state index in [2.05, 4.69) is 4.98 Å². The molecule has 1 aromatic heterocycles. The topological polar surface area (TPSA) is 39.6 Å². The summed E-state index contributed by atoms with van der Waals surface area (Å²) in [6.07, 6.45) is -4.48. The molecule has 0 unspecified atom stereocenters. The van der Waals surface area contributed by atoms with Gasteiger partial charge in [-0.25, -0.2) is 0 Å². The van der Waals surface area contributed by atoms with Gasteiger partial charge in [0.15, 0.2) is 0 Å². The van der Waals surface area contributed by atoms with Gasteiger partial charge in [-0.2, -0.15) is 18.4 Å². The molecule has 0 aliphatic rings. The lowest BCUT2D eigenvalue weighted by atomic mass is 10.0. The van der Waals surface area contributed by atoms with Gasteiger partial charge in [-0.05, 0) is 18.6 Å². The van der Waals surface area contributed by atoms with E-state index < -0.39 is 11.9 Å². The third-order valence-electron chi connectivity index (χ3n) is 2.66. The highest BCUT2D eigenvalue weighted by molar-refractivity contribution is 5.70. The van der Waals surface area contributed by atoms with Crippen LogP contribution < -0.4 is 0 Å². The molecular weight excluding hydrogens is 241 g/mol. The highest BCUT2D eigenvalue weighted by Crippen LogP contribution is 2.34. The number of hydrogen-bond donors (Lipinski definition) is 1. The summed E-state index contributed by atoms with van der Waals surface area (Å²) in [5, 5.41) is 8.91. The van der Waals surface area contributed by atoms with Gasteiger partial charge < -0.3 is 4.98 Å². The van der Waals surface area contributed by atoms with E-state index in [4.69, 9.17) is 5.26 Å². The predicted octanol–water partition coefficient (Wildman–Crippen LogP) is 3.88. The van der Waals surface area contributed by atoms with Gasteiger partial charge in [0, 0.05) is 5.56 Å². The normalized spacial score (nSPS) is 11.3. The molecule has 2 nitrogen and oxygen atoms in total. The summed E-state index contributed by atoms with van der Waals surface area (Å²) in [5.74, 6) is 0. The lowest BCUT2D eigenvalue weighted by Gasteiger charge is -2.05. The maximum atomic E-state index is 12.6. The Labute approximate surface area is 102 Å². The first-order valence-electron chi connectivity index (χ1n) is 5.20. The van der Waals surface area contributed by atoms with E-state index in [1.807, 2.05) is 0 Å². The van der Waals surface area contributed by atoms with Gasteiger partial charge in [-0.15, -0.1) is 0 Å². The minimum Gasteiger partial charge on any atom is -0.350 e. The Kier molecular flexibility index (Phi) is 2.87. The highest BCUT2D eigenvalue weighted by atomic mass is 19.4. The zero-order valence-corrected chi connectivity index (χ0v) is 9.47. The molecule has 0 aliphatic heterocycles. The molecular formula is C13H9F3N2. The first-order chi connectivity index (χ1) is 8.43. The van der Waals surface area contributed by atoms with E-state index in [0.29, 0.717) is 5.56 Å². The van der Waals surface area contributed by atoms with E-state index in [1.165, 1.54) is 0 Å². The van der Waals surface area contributed by atoms with Crippen molar-refractivity contribution in [2.75, 3.05) is 0 Å². The SMILES string of the molecule is Cc1ccccc1-c1[nH]c(C(F)(F)F)cc1C#N. The number of benzene rings is 1. The second kappa shape index (κ2) is 4.22. The molecule has 18 heavy (non-hydrogen) atoms. The van der Waals surface area contributed by atoms with Crippen LogP contribution in [0.2, 0.25) is 0 Å². The second-order valence-electron chi connectivity index (χ2n) is 3.90. The molecule has 0 spiro atoms. The van der Waals surface area contributed by atoms with Crippen molar-refractivity contribution in [3.05, 3.63) is 47.2 Å². The van der Waals surface area contributed by atoms with Gasteiger partial charge in [-0.1, -0.05) is 24.3 Å². The van der Waals surface area contributed by atoms with Crippen molar-refractivity contribution in [3.8, 4) is 17.3 Å². The van der Waals surface area contributed by atoms with Gasteiger partial charge in [0.1, 0.15) is 11.8 Å². The van der Waals surface area contributed by atoms with Crippen LogP contribution in [0.3, 0.4) is 0 Å². The zero-order chi connectivity index (χ0) is 13.3. The van der Waals surface area contributed by atoms with Gasteiger partial charge in [0.2, 0.25) is 0 Å². The van der Waals surface area contributed by atoms with Crippen LogP contribution in [0.4, 0.5) is 13.2 Å². The molecule has 1 N–H and O–H groups in total. The molecule has 1 aromatic carbocycles. The average molecular weight is 250 g/mol. The number of nitrogens with zero attached hydrogens (tertiary/aromatic N) is 1. The fourth-order valence-corrected chi connectivity index (χ4v) is 1.76. The monoisotopic (exact) mass is 250 g/mol. The Morgan fingerprint density at radius 3 is 2.44 bits per heavy atom. The number of halogens is 3. The Morgan fingerprint density at radius 2 is 1.89 bits per heavy atom. The van der Waals surface area contributed by atoms with Crippen molar-refractivity contribution in [1.29, 1.82) is 5.26 Å². The Bertz CT molecular complexity index is 618. The minimum atomic E-state index is -4.48. The summed E-state index contributed by atoms with van der Waals surface area (Å²) >= 11 is 0. The lowest BCUT2D eigenvalue weighted by molar-refractivity contribution is -0.140. The third kappa shape index (κ3) is 2.09. The maximum Gasteiger partial charge on any atom is 0.431 e. The standard InChI is InChI=1S/C13H9F3N2/c1-8-4-2-3-5-10(8)12-9(7-17)6-11(18-12)13(14,15)16/h2-6,18H,1H3. The van der Waals surface area contributed by atoms with Crippen LogP contribution in [-0.4, -0.2) is 4.98 Å². The van der Waals surface area contributed by atoms with Crippen LogP contribution in [0.15, 0.2) is 30.3 Å². The fourth-order valence-electron chi connectivity index (χ4n) is 1.76. The Morgan fingerprint density at radius 1 is 1.22 bits per heavy atom. The molecule has 0 saturated carbocycles. The number of nitriles is 1. The molecule has 0 bridgehead atoms. The zero-order valence-electron chi connectivity index (χ0n) is 9.47. The van der Waals surface area contributed by atoms with E-state index >= 15 is 0 Å². The first kappa shape index (κ1) is 12.2. The summed E-state index contributed by atoms with van der Waals surface area (Å²) in [6, 6.07) is 9.59. The van der Waals surface area contributed by atoms with Crippen molar-refractivity contribution in [1.82, 2.24) is 4.98 Å². The molecule has 0 atom stereocenters. The lowest BCUT2D eigenvalue weighted by Crippen LogP contribution is -2.04. The largest absolute Gasteiger partial charge is 0.431 e.